The fourth-order valence-electron chi connectivity index (χ4n) is 1.71. The molecule has 1 heterocycles. The van der Waals surface area contributed by atoms with Crippen molar-refractivity contribution in [1.29, 1.82) is 0 Å². The zero-order chi connectivity index (χ0) is 13.1. The second-order valence-electron chi connectivity index (χ2n) is 4.20. The summed E-state index contributed by atoms with van der Waals surface area (Å²) in [7, 11) is 0. The molecule has 1 unspecified atom stereocenters. The first kappa shape index (κ1) is 13.0. The molecule has 1 aromatic carbocycles. The van der Waals surface area contributed by atoms with E-state index in [1.807, 2.05) is 0 Å². The first-order valence-corrected chi connectivity index (χ1v) is 5.98. The van der Waals surface area contributed by atoms with Gasteiger partial charge in [0.25, 0.3) is 0 Å². The van der Waals surface area contributed by atoms with Crippen LogP contribution in [0.25, 0.3) is 0 Å². The largest absolute Gasteiger partial charge is 0.388 e. The van der Waals surface area contributed by atoms with Crippen LogP contribution in [0.5, 0.6) is 0 Å². The smallest absolute Gasteiger partial charge is 0.126 e. The molecule has 0 fully saturated rings. The molecule has 18 heavy (non-hydrogen) atoms. The van der Waals surface area contributed by atoms with Gasteiger partial charge in [0, 0.05) is 18.8 Å². The van der Waals surface area contributed by atoms with E-state index < -0.39 is 6.10 Å². The van der Waals surface area contributed by atoms with Crippen LogP contribution in [0, 0.1) is 12.7 Å². The maximum Gasteiger partial charge on any atom is 0.126 e. The van der Waals surface area contributed by atoms with Crippen LogP contribution in [0.4, 0.5) is 4.39 Å². The predicted molar refractivity (Wildman–Crippen MR) is 69.0 cm³/mol. The quantitative estimate of drug-likeness (QED) is 0.922. The molecule has 2 nitrogen and oxygen atoms in total. The van der Waals surface area contributed by atoms with Crippen LogP contribution >= 0.6 is 11.6 Å². The van der Waals surface area contributed by atoms with Gasteiger partial charge in [-0.15, -0.1) is 0 Å². The molecule has 1 N–H and O–H groups in total. The minimum atomic E-state index is -0.778. The van der Waals surface area contributed by atoms with Crippen LogP contribution in [0.1, 0.15) is 22.8 Å². The van der Waals surface area contributed by atoms with E-state index in [1.54, 1.807) is 31.3 Å². The third-order valence-corrected chi connectivity index (χ3v) is 3.19. The average Bonchev–Trinajstić information content (AvgIpc) is 2.35. The van der Waals surface area contributed by atoms with Gasteiger partial charge >= 0.3 is 0 Å². The molecular weight excluding hydrogens is 253 g/mol. The summed E-state index contributed by atoms with van der Waals surface area (Å²) in [6.45, 7) is 1.69. The Balaban J connectivity index is 2.19. The number of hydrogen-bond acceptors (Lipinski definition) is 2. The van der Waals surface area contributed by atoms with Gasteiger partial charge in [-0.1, -0.05) is 23.7 Å². The van der Waals surface area contributed by atoms with E-state index in [0.717, 1.165) is 5.56 Å². The van der Waals surface area contributed by atoms with Gasteiger partial charge in [0.2, 0.25) is 0 Å². The molecule has 4 heteroatoms. The normalized spacial score (nSPS) is 12.4. The molecule has 2 aromatic rings. The Morgan fingerprint density at radius 2 is 2.17 bits per heavy atom. The molecule has 1 aromatic heterocycles. The van der Waals surface area contributed by atoms with Crippen LogP contribution in [0.3, 0.4) is 0 Å². The second-order valence-corrected chi connectivity index (χ2v) is 4.60. The van der Waals surface area contributed by atoms with E-state index in [-0.39, 0.29) is 5.82 Å². The van der Waals surface area contributed by atoms with E-state index in [0.29, 0.717) is 22.6 Å². The summed E-state index contributed by atoms with van der Waals surface area (Å²) < 4.78 is 13.4. The number of aliphatic hydroxyl groups is 1. The van der Waals surface area contributed by atoms with Gasteiger partial charge < -0.3 is 5.11 Å². The molecule has 0 amide bonds. The first-order chi connectivity index (χ1) is 8.58. The Kier molecular flexibility index (Phi) is 3.94. The lowest BCUT2D eigenvalue weighted by atomic mass is 10.0. The summed E-state index contributed by atoms with van der Waals surface area (Å²) in [5, 5.41) is 10.6. The number of halogens is 2. The van der Waals surface area contributed by atoms with Crippen molar-refractivity contribution in [3.8, 4) is 0 Å². The van der Waals surface area contributed by atoms with Crippen molar-refractivity contribution in [2.24, 2.45) is 0 Å². The van der Waals surface area contributed by atoms with Gasteiger partial charge in [0.05, 0.1) is 11.1 Å². The standard InChI is InChI=1S/C14H13ClFNO/c1-9-2-3-11(6-13(9)16)14(18)7-10-4-5-17-8-12(10)15/h2-6,8,14,18H,7H2,1H3. The van der Waals surface area contributed by atoms with E-state index in [2.05, 4.69) is 4.98 Å². The molecule has 1 atom stereocenters. The minimum Gasteiger partial charge on any atom is -0.388 e. The van der Waals surface area contributed by atoms with Gasteiger partial charge in [0.1, 0.15) is 5.82 Å². The Morgan fingerprint density at radius 1 is 1.39 bits per heavy atom. The molecule has 0 radical (unpaired) electrons. The van der Waals surface area contributed by atoms with Gasteiger partial charge in [-0.3, -0.25) is 4.98 Å². The van der Waals surface area contributed by atoms with Crippen LogP contribution < -0.4 is 0 Å². The number of aryl methyl sites for hydroxylation is 1. The minimum absolute atomic E-state index is 0.313. The lowest BCUT2D eigenvalue weighted by Gasteiger charge is -2.12. The van der Waals surface area contributed by atoms with Crippen molar-refractivity contribution >= 4 is 11.6 Å². The summed E-state index contributed by atoms with van der Waals surface area (Å²) in [4.78, 5) is 3.88. The third kappa shape index (κ3) is 2.86. The van der Waals surface area contributed by atoms with E-state index >= 15 is 0 Å². The lowest BCUT2D eigenvalue weighted by Crippen LogP contribution is -2.03. The molecule has 0 spiro atoms. The van der Waals surface area contributed by atoms with Crippen LogP contribution in [0.15, 0.2) is 36.7 Å². The predicted octanol–water partition coefficient (Wildman–Crippen LogP) is 3.46. The maximum atomic E-state index is 13.4. The number of nitrogens with zero attached hydrogens (tertiary/aromatic N) is 1. The Morgan fingerprint density at radius 3 is 2.83 bits per heavy atom. The number of hydrogen-bond donors (Lipinski definition) is 1. The number of pyridine rings is 1. The van der Waals surface area contributed by atoms with Gasteiger partial charge in [-0.25, -0.2) is 4.39 Å². The van der Waals surface area contributed by atoms with Crippen molar-refractivity contribution in [1.82, 2.24) is 4.98 Å². The summed E-state index contributed by atoms with van der Waals surface area (Å²) in [6.07, 6.45) is 2.70. The highest BCUT2D eigenvalue weighted by Crippen LogP contribution is 2.23. The van der Waals surface area contributed by atoms with Crippen molar-refractivity contribution < 1.29 is 9.50 Å². The molecule has 0 bridgehead atoms. The molecule has 2 rings (SSSR count). The average molecular weight is 266 g/mol. The monoisotopic (exact) mass is 265 g/mol. The number of benzene rings is 1. The third-order valence-electron chi connectivity index (χ3n) is 2.85. The molecule has 0 aliphatic rings. The zero-order valence-corrected chi connectivity index (χ0v) is 10.7. The number of aromatic nitrogens is 1. The van der Waals surface area contributed by atoms with Crippen molar-refractivity contribution in [2.75, 3.05) is 0 Å². The van der Waals surface area contributed by atoms with E-state index in [4.69, 9.17) is 11.6 Å². The highest BCUT2D eigenvalue weighted by Gasteiger charge is 2.12. The van der Waals surface area contributed by atoms with Crippen molar-refractivity contribution in [3.05, 3.63) is 64.2 Å². The second kappa shape index (κ2) is 5.46. The summed E-state index contributed by atoms with van der Waals surface area (Å²) in [5.41, 5.74) is 1.90. The molecule has 0 aliphatic heterocycles. The Bertz CT molecular complexity index is 559. The summed E-state index contributed by atoms with van der Waals surface area (Å²) >= 11 is 5.96. The fraction of sp³-hybridized carbons (Fsp3) is 0.214. The van der Waals surface area contributed by atoms with Crippen LogP contribution in [-0.4, -0.2) is 10.1 Å². The molecular formula is C14H13ClFNO. The molecule has 0 saturated carbocycles. The number of aliphatic hydroxyl groups excluding tert-OH is 1. The fourth-order valence-corrected chi connectivity index (χ4v) is 1.91. The molecule has 94 valence electrons. The van der Waals surface area contributed by atoms with Crippen LogP contribution in [-0.2, 0) is 6.42 Å². The van der Waals surface area contributed by atoms with E-state index in [9.17, 15) is 9.50 Å². The van der Waals surface area contributed by atoms with Gasteiger partial charge in [-0.2, -0.15) is 0 Å². The van der Waals surface area contributed by atoms with Gasteiger partial charge in [-0.05, 0) is 35.7 Å². The first-order valence-electron chi connectivity index (χ1n) is 5.60. The Hall–Kier alpha value is -1.45. The van der Waals surface area contributed by atoms with Crippen molar-refractivity contribution in [2.45, 2.75) is 19.4 Å². The summed E-state index contributed by atoms with van der Waals surface area (Å²) in [6, 6.07) is 6.48. The SMILES string of the molecule is Cc1ccc(C(O)Cc2ccncc2Cl)cc1F. The topological polar surface area (TPSA) is 33.1 Å². The van der Waals surface area contributed by atoms with Gasteiger partial charge in [0.15, 0.2) is 0 Å². The Labute approximate surface area is 110 Å². The molecule has 0 aliphatic carbocycles. The van der Waals surface area contributed by atoms with E-state index in [1.165, 1.54) is 12.3 Å². The highest BCUT2D eigenvalue weighted by atomic mass is 35.5. The van der Waals surface area contributed by atoms with Crippen LogP contribution in [0.2, 0.25) is 5.02 Å². The number of rotatable bonds is 3. The molecule has 0 saturated heterocycles. The maximum absolute atomic E-state index is 13.4. The highest BCUT2D eigenvalue weighted by molar-refractivity contribution is 6.31. The van der Waals surface area contributed by atoms with Crippen molar-refractivity contribution in [3.63, 3.8) is 0 Å². The summed E-state index contributed by atoms with van der Waals surface area (Å²) in [5.74, 6) is -0.313. The lowest BCUT2D eigenvalue weighted by molar-refractivity contribution is 0.178. The zero-order valence-electron chi connectivity index (χ0n) is 9.90.